The Kier molecular flexibility index (Phi) is 31.3. The molecule has 0 bridgehead atoms. The van der Waals surface area contributed by atoms with Crippen molar-refractivity contribution >= 4 is 141 Å². The SMILES string of the molecule is C=C1SN(c2ccc(Cl)cc2C)C(=O)N1C(C)C.C=C1SN(c2ccccc2C)C(=O)N1C.C=C1SN(c2ccccc2C)C(=O)N1C(C)C.C=C1SN(c2ccccc2C)C(=O)N1OC.COc1ccc(-n2sc(=O)n(C)c2=O)cc1.COc1cccc(-n2sc(=O)n(C)c2=O)c1.Cc1cccc(-n2sc(=O)n(C(C)C)c2=O)c1. The Morgan fingerprint density at radius 1 is 0.365 bits per heavy atom. The Labute approximate surface area is 700 Å². The van der Waals surface area contributed by atoms with Crippen LogP contribution in [0.15, 0.2) is 239 Å². The zero-order valence-electron chi connectivity index (χ0n) is 66.5. The fraction of sp³-hybridized carbons (Fsp3) is 0.250. The number of rotatable bonds is 13. The first-order chi connectivity index (χ1) is 54.5. The van der Waals surface area contributed by atoms with Crippen LogP contribution in [0.4, 0.5) is 41.9 Å². The fourth-order valence-corrected chi connectivity index (χ4v) is 17.5. The van der Waals surface area contributed by atoms with Crippen LogP contribution in [-0.4, -0.2) is 110 Å². The van der Waals surface area contributed by atoms with Crippen LogP contribution < -0.4 is 58.4 Å². The molecule has 7 heterocycles. The number of anilines is 4. The summed E-state index contributed by atoms with van der Waals surface area (Å²) in [6, 6.07) is 50.2. The van der Waals surface area contributed by atoms with E-state index in [1.165, 1.54) is 90.5 Å². The van der Waals surface area contributed by atoms with Crippen LogP contribution in [0.1, 0.15) is 75.4 Å². The number of nitrogens with zero attached hydrogens (tertiary/aromatic N) is 14. The standard InChI is InChI=1S/C13H15ClN2OS.C13H16N2OS.C12H14N2O2S.C11H12N2O2S.C11H12N2OS.2C10H10N2O3S/c1-8(2)15-10(4)18-16(13(15)17)12-6-5-11(14)7-9(12)3;1-9(2)14-11(4)17-15(13(14)16)12-8-6-5-7-10(12)3;1-8(2)13-11(15)14(17-12(13)16)10-6-4-5-9(3)7-10;1-8-6-4-5-7-10(8)13-11(14)12(15-3)9(2)16-13;1-8-6-4-5-7-10(8)13-11(14)12(3)9(2)15-13;1-11-9(13)12(16-10(11)14)7-3-5-8(15-2)6-4-7;1-11-9(13)12(16-10(11)14)7-4-3-5-8(6-7)15-2/h5-8H,4H2,1-3H3;5-9H,4H2,1-3H3;4-8H,1-3H3;4-7H,2H2,1,3H3;4-7H,2H2,1,3H3;2*3-6H,1-2H3. The second-order valence-electron chi connectivity index (χ2n) is 26.1. The Morgan fingerprint density at radius 2 is 0.765 bits per heavy atom. The summed E-state index contributed by atoms with van der Waals surface area (Å²) in [6.45, 7) is 36.9. The predicted octanol–water partition coefficient (Wildman–Crippen LogP) is 17.2. The van der Waals surface area contributed by atoms with E-state index in [-0.39, 0.29) is 73.9 Å². The molecule has 606 valence electrons. The third-order valence-electron chi connectivity index (χ3n) is 17.0. The average molecular weight is 1710 g/mol. The number of hydrogen-bond acceptors (Lipinski definition) is 20. The van der Waals surface area contributed by atoms with Crippen molar-refractivity contribution in [2.24, 2.45) is 14.1 Å². The lowest BCUT2D eigenvalue weighted by Gasteiger charge is -2.21. The second-order valence-corrected chi connectivity index (χ2v) is 33.3. The Hall–Kier alpha value is -10.7. The van der Waals surface area contributed by atoms with Crippen molar-refractivity contribution in [2.45, 2.75) is 94.3 Å². The number of methoxy groups -OCH3 is 2. The van der Waals surface area contributed by atoms with E-state index in [0.717, 1.165) is 115 Å². The Balaban J connectivity index is 0.000000168. The third-order valence-corrected chi connectivity index (χ3v) is 23.9. The third kappa shape index (κ3) is 21.3. The average Bonchev–Trinajstić information content (AvgIpc) is 1.60. The van der Waals surface area contributed by atoms with Crippen molar-refractivity contribution in [1.29, 1.82) is 0 Å². The summed E-state index contributed by atoms with van der Waals surface area (Å²) < 4.78 is 24.2. The number of hydrogen-bond donors (Lipinski definition) is 0. The van der Waals surface area contributed by atoms with Gasteiger partial charge in [0.15, 0.2) is 0 Å². The highest BCUT2D eigenvalue weighted by Crippen LogP contribution is 2.43. The topological polar surface area (TPSA) is 254 Å². The van der Waals surface area contributed by atoms with Crippen molar-refractivity contribution in [3.05, 3.63) is 304 Å². The molecule has 8 amide bonds. The van der Waals surface area contributed by atoms with E-state index in [1.54, 1.807) is 108 Å². The maximum atomic E-state index is 12.3. The van der Waals surface area contributed by atoms with Gasteiger partial charge < -0.3 is 9.47 Å². The number of benzene rings is 7. The van der Waals surface area contributed by atoms with Gasteiger partial charge in [0.1, 0.15) is 16.5 Å². The van der Waals surface area contributed by atoms with E-state index in [0.29, 0.717) is 32.9 Å². The quantitative estimate of drug-likeness (QED) is 0.0972. The fourth-order valence-electron chi connectivity index (χ4n) is 10.9. The summed E-state index contributed by atoms with van der Waals surface area (Å²) in [6.07, 6.45) is 0. The largest absolute Gasteiger partial charge is 0.497 e. The number of ether oxygens (including phenoxy) is 2. The molecule has 0 atom stereocenters. The van der Waals surface area contributed by atoms with Gasteiger partial charge in [-0.2, -0.15) is 5.06 Å². The van der Waals surface area contributed by atoms with E-state index in [9.17, 15) is 47.9 Å². The number of carbonyl (C=O) groups is 4. The van der Waals surface area contributed by atoms with E-state index in [1.807, 2.05) is 185 Å². The highest BCUT2D eigenvalue weighted by atomic mass is 35.5. The molecular formula is C80H89ClN14O13S7. The molecule has 4 fully saturated rings. The number of urea groups is 4. The zero-order valence-corrected chi connectivity index (χ0v) is 72.9. The predicted molar refractivity (Wildman–Crippen MR) is 471 cm³/mol. The van der Waals surface area contributed by atoms with Gasteiger partial charge in [-0.05, 0) is 189 Å². The van der Waals surface area contributed by atoms with Crippen LogP contribution in [0.3, 0.4) is 0 Å². The zero-order chi connectivity index (χ0) is 84.7. The van der Waals surface area contributed by atoms with Crippen LogP contribution >= 0.6 is 94.0 Å². The summed E-state index contributed by atoms with van der Waals surface area (Å²) in [5, 5.41) is 4.71. The van der Waals surface area contributed by atoms with Gasteiger partial charge >= 0.3 is 55.8 Å². The maximum Gasteiger partial charge on any atom is 0.364 e. The minimum atomic E-state index is -0.344. The minimum Gasteiger partial charge on any atom is -0.497 e. The van der Waals surface area contributed by atoms with Gasteiger partial charge in [0.05, 0.1) is 76.2 Å². The van der Waals surface area contributed by atoms with Crippen molar-refractivity contribution in [3.63, 3.8) is 0 Å². The van der Waals surface area contributed by atoms with Crippen molar-refractivity contribution < 1.29 is 33.5 Å². The van der Waals surface area contributed by atoms with Crippen LogP contribution in [0.5, 0.6) is 11.5 Å². The molecule has 27 nitrogen and oxygen atoms in total. The van der Waals surface area contributed by atoms with Crippen molar-refractivity contribution in [2.75, 3.05) is 45.6 Å². The molecule has 0 saturated carbocycles. The first kappa shape index (κ1) is 89.9. The van der Waals surface area contributed by atoms with Crippen LogP contribution in [0.25, 0.3) is 17.1 Å². The maximum absolute atomic E-state index is 12.3. The highest BCUT2D eigenvalue weighted by Gasteiger charge is 2.39. The van der Waals surface area contributed by atoms with Gasteiger partial charge in [-0.15, -0.1) is 0 Å². The minimum absolute atomic E-state index is 0.00991. The van der Waals surface area contributed by atoms with E-state index >= 15 is 0 Å². The molecule has 115 heavy (non-hydrogen) atoms. The first-order valence-corrected chi connectivity index (χ1v) is 41.0. The molecule has 3 aromatic heterocycles. The number of hydroxylamine groups is 2. The number of carbonyl (C=O) groups excluding carboxylic acids is 4. The summed E-state index contributed by atoms with van der Waals surface area (Å²) in [5.41, 5.74) is 9.93. The lowest BCUT2D eigenvalue weighted by atomic mass is 10.2. The number of halogens is 1. The molecule has 0 aliphatic carbocycles. The molecule has 0 spiro atoms. The molecule has 4 aliphatic heterocycles. The van der Waals surface area contributed by atoms with Gasteiger partial charge in [-0.3, -0.25) is 43.1 Å². The molecule has 4 aliphatic rings. The summed E-state index contributed by atoms with van der Waals surface area (Å²) in [7, 11) is 9.22. The molecular weight excluding hydrogens is 1620 g/mol. The van der Waals surface area contributed by atoms with Crippen molar-refractivity contribution in [3.8, 4) is 28.6 Å². The molecule has 4 saturated heterocycles. The Bertz CT molecular complexity index is 5660. The molecule has 0 N–H and O–H groups in total. The smallest absolute Gasteiger partial charge is 0.364 e. The van der Waals surface area contributed by atoms with Gasteiger partial charge in [-0.1, -0.05) is 111 Å². The summed E-state index contributed by atoms with van der Waals surface area (Å²) in [5.74, 6) is 1.35. The number of aryl methyl sites for hydroxylation is 5. The van der Waals surface area contributed by atoms with Crippen LogP contribution in [0, 0.1) is 34.6 Å². The van der Waals surface area contributed by atoms with Gasteiger partial charge in [0.25, 0.3) is 0 Å². The molecule has 0 radical (unpaired) electrons. The van der Waals surface area contributed by atoms with Gasteiger partial charge in [0.2, 0.25) is 0 Å². The van der Waals surface area contributed by atoms with E-state index in [4.69, 9.17) is 25.9 Å². The van der Waals surface area contributed by atoms with E-state index < -0.39 is 0 Å². The second kappa shape index (κ2) is 40.1. The molecule has 0 unspecified atom stereocenters. The van der Waals surface area contributed by atoms with Crippen molar-refractivity contribution in [1.82, 2.24) is 45.3 Å². The summed E-state index contributed by atoms with van der Waals surface area (Å²) in [4.78, 5) is 127. The number of para-hydroxylation sites is 3. The normalized spacial score (nSPS) is 13.8. The Morgan fingerprint density at radius 3 is 1.14 bits per heavy atom. The van der Waals surface area contributed by atoms with Crippen LogP contribution in [-0.2, 0) is 18.9 Å². The van der Waals surface area contributed by atoms with Crippen LogP contribution in [0.2, 0.25) is 5.02 Å². The molecule has 10 aromatic rings. The van der Waals surface area contributed by atoms with E-state index in [2.05, 4.69) is 26.3 Å². The molecule has 14 rings (SSSR count). The number of aromatic nitrogens is 6. The first-order valence-electron chi connectivity index (χ1n) is 35.2. The lowest BCUT2D eigenvalue weighted by Crippen LogP contribution is -2.35. The molecule has 35 heteroatoms. The highest BCUT2D eigenvalue weighted by molar-refractivity contribution is 8.06. The molecule has 7 aromatic carbocycles. The number of amides is 8. The van der Waals surface area contributed by atoms with Gasteiger partial charge in [-0.25, -0.2) is 67.2 Å². The monoisotopic (exact) mass is 1710 g/mol. The lowest BCUT2D eigenvalue weighted by molar-refractivity contribution is -0.0420. The summed E-state index contributed by atoms with van der Waals surface area (Å²) >= 11 is 14.0. The van der Waals surface area contributed by atoms with Gasteiger partial charge in [0, 0.05) is 133 Å².